The molecule has 9 heteroatoms. The smallest absolute Gasteiger partial charge is 0.416 e. The molecule has 0 spiro atoms. The molecule has 0 bridgehead atoms. The normalized spacial score (nSPS) is 11.6. The average Bonchev–Trinajstić information content (AvgIpc) is 2.53. The summed E-state index contributed by atoms with van der Waals surface area (Å²) < 4.78 is 47.6. The SMILES string of the molecule is CN=C(NCCCOC)NCCOc1ccc(C(F)(F)F)cc1.I. The molecule has 24 heavy (non-hydrogen) atoms. The third-order valence-electron chi connectivity index (χ3n) is 2.89. The van der Waals surface area contributed by atoms with E-state index in [0.717, 1.165) is 25.1 Å². The molecule has 0 aliphatic heterocycles. The first-order valence-electron chi connectivity index (χ1n) is 7.21. The number of nitrogens with zero attached hydrogens (tertiary/aromatic N) is 1. The number of hydrogen-bond acceptors (Lipinski definition) is 3. The van der Waals surface area contributed by atoms with Crippen LogP contribution in [0.2, 0.25) is 0 Å². The first kappa shape index (κ1) is 22.8. The third-order valence-corrected chi connectivity index (χ3v) is 2.89. The minimum atomic E-state index is -4.33. The van der Waals surface area contributed by atoms with Gasteiger partial charge in [0.05, 0.1) is 12.1 Å². The maximum absolute atomic E-state index is 12.4. The minimum absolute atomic E-state index is 0. The predicted octanol–water partition coefficient (Wildman–Crippen LogP) is 2.90. The molecule has 138 valence electrons. The van der Waals surface area contributed by atoms with E-state index >= 15 is 0 Å². The van der Waals surface area contributed by atoms with Crippen LogP contribution in [0, 0.1) is 0 Å². The summed E-state index contributed by atoms with van der Waals surface area (Å²) >= 11 is 0. The molecular weight excluding hydrogens is 438 g/mol. The van der Waals surface area contributed by atoms with Crippen LogP contribution >= 0.6 is 24.0 Å². The number of rotatable bonds is 8. The van der Waals surface area contributed by atoms with Crippen molar-refractivity contribution in [3.63, 3.8) is 0 Å². The van der Waals surface area contributed by atoms with Crippen molar-refractivity contribution in [2.75, 3.05) is 40.5 Å². The first-order chi connectivity index (χ1) is 11.0. The molecule has 0 radical (unpaired) electrons. The standard InChI is InChI=1S/C15H22F3N3O2.HI/c1-19-14(20-8-3-10-22-2)21-9-11-23-13-6-4-12(5-7-13)15(16,17)18;/h4-7H,3,8-11H2,1-2H3,(H2,19,20,21);1H. The number of hydrogen-bond donors (Lipinski definition) is 2. The number of alkyl halides is 3. The van der Waals surface area contributed by atoms with Gasteiger partial charge >= 0.3 is 6.18 Å². The van der Waals surface area contributed by atoms with Gasteiger partial charge in [-0.1, -0.05) is 0 Å². The summed E-state index contributed by atoms with van der Waals surface area (Å²) in [7, 11) is 3.30. The fourth-order valence-corrected chi connectivity index (χ4v) is 1.72. The Morgan fingerprint density at radius 1 is 1.08 bits per heavy atom. The van der Waals surface area contributed by atoms with E-state index in [9.17, 15) is 13.2 Å². The summed E-state index contributed by atoms with van der Waals surface area (Å²) in [5, 5.41) is 6.15. The zero-order chi connectivity index (χ0) is 17.1. The van der Waals surface area contributed by atoms with E-state index in [0.29, 0.717) is 31.5 Å². The van der Waals surface area contributed by atoms with Crippen molar-refractivity contribution in [1.82, 2.24) is 10.6 Å². The van der Waals surface area contributed by atoms with Crippen molar-refractivity contribution < 1.29 is 22.6 Å². The zero-order valence-corrected chi connectivity index (χ0v) is 16.0. The van der Waals surface area contributed by atoms with E-state index in [2.05, 4.69) is 15.6 Å². The van der Waals surface area contributed by atoms with Crippen LogP contribution in [0.4, 0.5) is 13.2 Å². The van der Waals surface area contributed by atoms with Gasteiger partial charge in [-0.25, -0.2) is 0 Å². The molecule has 0 atom stereocenters. The molecule has 1 aromatic rings. The van der Waals surface area contributed by atoms with E-state index in [-0.39, 0.29) is 24.0 Å². The molecule has 1 rings (SSSR count). The molecule has 1 aromatic carbocycles. The quantitative estimate of drug-likeness (QED) is 0.271. The third kappa shape index (κ3) is 9.16. The molecule has 0 aliphatic carbocycles. The van der Waals surface area contributed by atoms with Gasteiger partial charge in [0.2, 0.25) is 0 Å². The summed E-state index contributed by atoms with van der Waals surface area (Å²) in [6, 6.07) is 4.61. The second-order valence-corrected chi connectivity index (χ2v) is 4.64. The van der Waals surface area contributed by atoms with Crippen molar-refractivity contribution in [2.24, 2.45) is 4.99 Å². The molecule has 0 amide bonds. The molecule has 0 saturated heterocycles. The first-order valence-corrected chi connectivity index (χ1v) is 7.21. The van der Waals surface area contributed by atoms with Gasteiger partial charge in [-0.2, -0.15) is 13.2 Å². The van der Waals surface area contributed by atoms with Gasteiger partial charge in [-0.3, -0.25) is 4.99 Å². The maximum Gasteiger partial charge on any atom is 0.416 e. The van der Waals surface area contributed by atoms with Crippen LogP contribution in [0.25, 0.3) is 0 Å². The van der Waals surface area contributed by atoms with Crippen LogP contribution in [0.5, 0.6) is 5.75 Å². The molecule has 0 heterocycles. The number of nitrogens with one attached hydrogen (secondary N) is 2. The van der Waals surface area contributed by atoms with Gasteiger partial charge in [0.1, 0.15) is 12.4 Å². The monoisotopic (exact) mass is 461 g/mol. The highest BCUT2D eigenvalue weighted by atomic mass is 127. The van der Waals surface area contributed by atoms with E-state index in [1.54, 1.807) is 14.2 Å². The highest BCUT2D eigenvalue weighted by molar-refractivity contribution is 14.0. The number of methoxy groups -OCH3 is 1. The number of aliphatic imine (C=N–C) groups is 1. The summed E-state index contributed by atoms with van der Waals surface area (Å²) in [5.41, 5.74) is -0.691. The van der Waals surface area contributed by atoms with Crippen LogP contribution in [0.15, 0.2) is 29.3 Å². The fourth-order valence-electron chi connectivity index (χ4n) is 1.72. The highest BCUT2D eigenvalue weighted by Gasteiger charge is 2.29. The molecule has 0 unspecified atom stereocenters. The number of halogens is 4. The molecule has 0 aliphatic rings. The molecule has 5 nitrogen and oxygen atoms in total. The largest absolute Gasteiger partial charge is 0.492 e. The van der Waals surface area contributed by atoms with Gasteiger partial charge < -0.3 is 20.1 Å². The summed E-state index contributed by atoms with van der Waals surface area (Å²) in [6.45, 7) is 2.18. The van der Waals surface area contributed by atoms with Gasteiger partial charge in [-0.05, 0) is 30.7 Å². The number of benzene rings is 1. The lowest BCUT2D eigenvalue weighted by Crippen LogP contribution is -2.39. The zero-order valence-electron chi connectivity index (χ0n) is 13.7. The van der Waals surface area contributed by atoms with Crippen LogP contribution in [0.3, 0.4) is 0 Å². The van der Waals surface area contributed by atoms with Crippen LogP contribution in [0.1, 0.15) is 12.0 Å². The Kier molecular flexibility index (Phi) is 11.6. The van der Waals surface area contributed by atoms with E-state index < -0.39 is 11.7 Å². The Hall–Kier alpha value is -1.23. The lowest BCUT2D eigenvalue weighted by Gasteiger charge is -2.13. The van der Waals surface area contributed by atoms with Gasteiger partial charge in [0, 0.05) is 27.3 Å². The van der Waals surface area contributed by atoms with Gasteiger partial charge in [0.15, 0.2) is 5.96 Å². The van der Waals surface area contributed by atoms with E-state index in [4.69, 9.17) is 9.47 Å². The minimum Gasteiger partial charge on any atom is -0.492 e. The van der Waals surface area contributed by atoms with Crippen molar-refractivity contribution in [3.8, 4) is 5.75 Å². The highest BCUT2D eigenvalue weighted by Crippen LogP contribution is 2.30. The van der Waals surface area contributed by atoms with Crippen molar-refractivity contribution in [3.05, 3.63) is 29.8 Å². The summed E-state index contributed by atoms with van der Waals surface area (Å²) in [4.78, 5) is 4.04. The average molecular weight is 461 g/mol. The fraction of sp³-hybridized carbons (Fsp3) is 0.533. The van der Waals surface area contributed by atoms with Crippen molar-refractivity contribution in [1.29, 1.82) is 0 Å². The predicted molar refractivity (Wildman–Crippen MR) is 98.2 cm³/mol. The Morgan fingerprint density at radius 2 is 1.71 bits per heavy atom. The second-order valence-electron chi connectivity index (χ2n) is 4.64. The lowest BCUT2D eigenvalue weighted by atomic mass is 10.2. The molecule has 0 fully saturated rings. The Bertz CT molecular complexity index is 482. The van der Waals surface area contributed by atoms with E-state index in [1.165, 1.54) is 12.1 Å². The summed E-state index contributed by atoms with van der Waals surface area (Å²) in [5.74, 6) is 1.03. The van der Waals surface area contributed by atoms with Crippen molar-refractivity contribution >= 4 is 29.9 Å². The van der Waals surface area contributed by atoms with E-state index in [1.807, 2.05) is 0 Å². The van der Waals surface area contributed by atoms with Gasteiger partial charge in [0.25, 0.3) is 0 Å². The van der Waals surface area contributed by atoms with Crippen LogP contribution < -0.4 is 15.4 Å². The van der Waals surface area contributed by atoms with Crippen LogP contribution in [-0.4, -0.2) is 46.4 Å². The van der Waals surface area contributed by atoms with Crippen molar-refractivity contribution in [2.45, 2.75) is 12.6 Å². The number of ether oxygens (including phenoxy) is 2. The Balaban J connectivity index is 0.00000529. The topological polar surface area (TPSA) is 54.9 Å². The number of guanidine groups is 1. The lowest BCUT2D eigenvalue weighted by molar-refractivity contribution is -0.137. The molecular formula is C15H23F3IN3O2. The Labute approximate surface area is 157 Å². The second kappa shape index (κ2) is 12.2. The van der Waals surface area contributed by atoms with Gasteiger partial charge in [-0.15, -0.1) is 24.0 Å². The Morgan fingerprint density at radius 3 is 2.25 bits per heavy atom. The van der Waals surface area contributed by atoms with Crippen LogP contribution in [-0.2, 0) is 10.9 Å². The molecule has 2 N–H and O–H groups in total. The maximum atomic E-state index is 12.4. The summed E-state index contributed by atoms with van der Waals surface area (Å²) in [6.07, 6.45) is -3.47. The molecule has 0 saturated carbocycles. The molecule has 0 aromatic heterocycles.